The zero-order chi connectivity index (χ0) is 28.4. The van der Waals surface area contributed by atoms with E-state index in [-0.39, 0.29) is 40.8 Å². The van der Waals surface area contributed by atoms with Crippen LogP contribution in [0, 0.1) is 11.6 Å². The minimum Gasteiger partial charge on any atom is -0.484 e. The lowest BCUT2D eigenvalue weighted by Gasteiger charge is -2.57. The molecule has 2 bridgehead atoms. The molecular weight excluding hydrogens is 583 g/mol. The molecule has 4 N–H and O–H groups in total. The monoisotopic (exact) mass is 607 g/mol. The normalized spacial score (nSPS) is 24.2. The summed E-state index contributed by atoms with van der Waals surface area (Å²) in [6.45, 7) is -0.899. The van der Waals surface area contributed by atoms with Crippen LogP contribution in [0.5, 0.6) is 11.5 Å². The molecule has 0 unspecified atom stereocenters. The molecule has 0 aliphatic heterocycles. The smallest absolute Gasteiger partial charge is 0.333 e. The molecule has 3 aliphatic rings. The fourth-order valence-electron chi connectivity index (χ4n) is 5.00. The second-order valence-corrected chi connectivity index (χ2v) is 11.5. The number of nitrogens with two attached hydrogens (primary N) is 1. The molecule has 2 aromatic carbocycles. The molecular formula is C24H25Cl2F2N3O7S. The van der Waals surface area contributed by atoms with Gasteiger partial charge in [-0.2, -0.15) is 8.42 Å². The van der Waals surface area contributed by atoms with Crippen molar-refractivity contribution in [1.82, 2.24) is 10.6 Å². The van der Waals surface area contributed by atoms with Crippen LogP contribution in [0.2, 0.25) is 10.0 Å². The van der Waals surface area contributed by atoms with E-state index in [1.165, 1.54) is 24.3 Å². The number of hydrogen-bond donors (Lipinski definition) is 3. The summed E-state index contributed by atoms with van der Waals surface area (Å²) in [7, 11) is -4.41. The Labute approximate surface area is 233 Å². The number of carbonyl (C=O) groups excluding carboxylic acids is 2. The summed E-state index contributed by atoms with van der Waals surface area (Å²) in [6, 6.07) is 7.48. The average Bonchev–Trinajstić information content (AvgIpc) is 2.85. The standard InChI is InChI=1S/C24H25Cl2F2N3O7S/c25-16-3-1-14(9-18(16)27)36-12-21(32)30-23-5-7-24(8-6-23,20(11-23)38-39(29,34)35)31-22(33)13-37-15-2-4-17(26)19(28)10-15/h1-4,9-10,20H,5-8,11-13H2,(H,30,32)(H,31,33)(H2,29,34,35)/t20-,23?,24?/m0/s1. The van der Waals surface area contributed by atoms with E-state index >= 15 is 0 Å². The number of hydrogen-bond acceptors (Lipinski definition) is 7. The number of halogens is 4. The van der Waals surface area contributed by atoms with Crippen LogP contribution in [0.3, 0.4) is 0 Å². The Bertz CT molecular complexity index is 1370. The lowest BCUT2D eigenvalue weighted by atomic mass is 9.60. The van der Waals surface area contributed by atoms with E-state index in [0.29, 0.717) is 12.8 Å². The molecule has 0 aromatic heterocycles. The van der Waals surface area contributed by atoms with Crippen molar-refractivity contribution in [2.24, 2.45) is 5.14 Å². The summed E-state index contributed by atoms with van der Waals surface area (Å²) in [5.74, 6) is -2.31. The summed E-state index contributed by atoms with van der Waals surface area (Å²) in [5.41, 5.74) is -1.94. The van der Waals surface area contributed by atoms with E-state index in [2.05, 4.69) is 10.6 Å². The van der Waals surface area contributed by atoms with Gasteiger partial charge in [-0.3, -0.25) is 13.8 Å². The first-order valence-electron chi connectivity index (χ1n) is 11.8. The largest absolute Gasteiger partial charge is 0.484 e. The van der Waals surface area contributed by atoms with Crippen LogP contribution in [0.1, 0.15) is 32.1 Å². The highest BCUT2D eigenvalue weighted by Crippen LogP contribution is 2.48. The van der Waals surface area contributed by atoms with Gasteiger partial charge < -0.3 is 20.1 Å². The minimum absolute atomic E-state index is 0.0360. The second kappa shape index (κ2) is 11.4. The molecule has 5 rings (SSSR count). The maximum absolute atomic E-state index is 13.6. The van der Waals surface area contributed by atoms with Crippen LogP contribution in [-0.4, -0.2) is 50.6 Å². The molecule has 10 nitrogen and oxygen atoms in total. The summed E-state index contributed by atoms with van der Waals surface area (Å²) >= 11 is 11.3. The third-order valence-electron chi connectivity index (χ3n) is 6.86. The lowest BCUT2D eigenvalue weighted by Crippen LogP contribution is -2.71. The molecule has 2 aromatic rings. The molecule has 0 saturated heterocycles. The SMILES string of the molecule is NS(=O)(=O)O[C@H]1CC2(NC(=O)COc3ccc(Cl)c(F)c3)CCC1(NC(=O)COc1ccc(Cl)c(F)c1)CC2. The van der Waals surface area contributed by atoms with Gasteiger partial charge in [0.25, 0.3) is 11.8 Å². The number of ether oxygens (including phenoxy) is 2. The Balaban J connectivity index is 1.39. The quantitative estimate of drug-likeness (QED) is 0.376. The Kier molecular flexibility index (Phi) is 8.57. The molecule has 1 atom stereocenters. The first-order valence-corrected chi connectivity index (χ1v) is 14.0. The van der Waals surface area contributed by atoms with Crippen LogP contribution >= 0.6 is 23.2 Å². The van der Waals surface area contributed by atoms with Gasteiger partial charge in [-0.1, -0.05) is 23.2 Å². The van der Waals surface area contributed by atoms with Crippen molar-refractivity contribution < 1.29 is 40.4 Å². The first kappa shape index (κ1) is 29.3. The third kappa shape index (κ3) is 7.28. The number of rotatable bonds is 10. The topological polar surface area (TPSA) is 146 Å². The van der Waals surface area contributed by atoms with Crippen LogP contribution in [0.15, 0.2) is 36.4 Å². The zero-order valence-electron chi connectivity index (χ0n) is 20.3. The van der Waals surface area contributed by atoms with Gasteiger partial charge in [-0.15, -0.1) is 0 Å². The van der Waals surface area contributed by atoms with Gasteiger partial charge in [0.15, 0.2) is 13.2 Å². The van der Waals surface area contributed by atoms with Crippen molar-refractivity contribution in [2.75, 3.05) is 13.2 Å². The number of fused-ring (bicyclic) bond motifs is 3. The summed E-state index contributed by atoms with van der Waals surface area (Å²) in [4.78, 5) is 25.4. The van der Waals surface area contributed by atoms with Crippen molar-refractivity contribution >= 4 is 45.3 Å². The van der Waals surface area contributed by atoms with Crippen molar-refractivity contribution in [3.63, 3.8) is 0 Å². The van der Waals surface area contributed by atoms with Gasteiger partial charge >= 0.3 is 10.3 Å². The lowest BCUT2D eigenvalue weighted by molar-refractivity contribution is -0.135. The van der Waals surface area contributed by atoms with Gasteiger partial charge in [0, 0.05) is 24.1 Å². The van der Waals surface area contributed by atoms with Crippen molar-refractivity contribution in [3.8, 4) is 11.5 Å². The van der Waals surface area contributed by atoms with E-state index in [0.717, 1.165) is 12.1 Å². The van der Waals surface area contributed by atoms with E-state index in [9.17, 15) is 26.8 Å². The predicted molar refractivity (Wildman–Crippen MR) is 137 cm³/mol. The molecule has 212 valence electrons. The molecule has 3 saturated carbocycles. The van der Waals surface area contributed by atoms with Gasteiger partial charge in [-0.05, 0) is 49.9 Å². The third-order valence-corrected chi connectivity index (χ3v) is 7.97. The fourth-order valence-corrected chi connectivity index (χ4v) is 5.81. The van der Waals surface area contributed by atoms with E-state index < -0.39 is 64.1 Å². The minimum atomic E-state index is -4.41. The second-order valence-electron chi connectivity index (χ2n) is 9.54. The number of nitrogens with one attached hydrogen (secondary N) is 2. The number of amides is 2. The maximum Gasteiger partial charge on any atom is 0.333 e. The average molecular weight is 608 g/mol. The van der Waals surface area contributed by atoms with Crippen LogP contribution in [0.4, 0.5) is 8.78 Å². The van der Waals surface area contributed by atoms with E-state index in [1.807, 2.05) is 0 Å². The Morgan fingerprint density at radius 1 is 0.897 bits per heavy atom. The highest BCUT2D eigenvalue weighted by Gasteiger charge is 2.57. The molecule has 39 heavy (non-hydrogen) atoms. The molecule has 0 radical (unpaired) electrons. The fraction of sp³-hybridized carbons (Fsp3) is 0.417. The highest BCUT2D eigenvalue weighted by molar-refractivity contribution is 7.84. The van der Waals surface area contributed by atoms with Gasteiger partial charge in [0.2, 0.25) is 0 Å². The summed E-state index contributed by atoms with van der Waals surface area (Å²) in [5, 5.41) is 10.6. The van der Waals surface area contributed by atoms with Crippen molar-refractivity contribution in [1.29, 1.82) is 0 Å². The Hall–Kier alpha value is -2.71. The molecule has 15 heteroatoms. The Morgan fingerprint density at radius 3 is 1.85 bits per heavy atom. The highest BCUT2D eigenvalue weighted by atomic mass is 35.5. The van der Waals surface area contributed by atoms with E-state index in [1.54, 1.807) is 0 Å². The number of carbonyl (C=O) groups is 2. The molecule has 3 aliphatic carbocycles. The van der Waals surface area contributed by atoms with Crippen molar-refractivity contribution in [3.05, 3.63) is 58.1 Å². The molecule has 0 heterocycles. The zero-order valence-corrected chi connectivity index (χ0v) is 22.7. The first-order chi connectivity index (χ1) is 18.3. The van der Waals surface area contributed by atoms with Gasteiger partial charge in [0.05, 0.1) is 15.6 Å². The summed E-state index contributed by atoms with van der Waals surface area (Å²) in [6.07, 6.45) is 0.258. The van der Waals surface area contributed by atoms with Gasteiger partial charge in [0.1, 0.15) is 29.2 Å². The Morgan fingerprint density at radius 2 is 1.38 bits per heavy atom. The van der Waals surface area contributed by atoms with Gasteiger partial charge in [-0.25, -0.2) is 13.9 Å². The predicted octanol–water partition coefficient (Wildman–Crippen LogP) is 3.01. The molecule has 2 amide bonds. The van der Waals surface area contributed by atoms with Crippen molar-refractivity contribution in [2.45, 2.75) is 49.3 Å². The summed E-state index contributed by atoms with van der Waals surface area (Å²) < 4.78 is 66.8. The van der Waals surface area contributed by atoms with E-state index in [4.69, 9.17) is 42.0 Å². The van der Waals surface area contributed by atoms with Crippen LogP contribution in [0.25, 0.3) is 0 Å². The van der Waals surface area contributed by atoms with Crippen LogP contribution < -0.4 is 25.2 Å². The molecule has 3 fully saturated rings. The number of benzene rings is 2. The maximum atomic E-state index is 13.6. The van der Waals surface area contributed by atoms with Crippen LogP contribution in [-0.2, 0) is 24.1 Å². The molecule has 0 spiro atoms.